The summed E-state index contributed by atoms with van der Waals surface area (Å²) in [4.78, 5) is 44.0. The molecule has 0 radical (unpaired) electrons. The lowest BCUT2D eigenvalue weighted by Gasteiger charge is -2.34. The van der Waals surface area contributed by atoms with Crippen LogP contribution < -0.4 is 5.73 Å². The van der Waals surface area contributed by atoms with E-state index in [4.69, 9.17) is 5.73 Å². The van der Waals surface area contributed by atoms with Crippen LogP contribution in [0.4, 0.5) is 0 Å². The molecule has 2 aliphatic heterocycles. The molecule has 3 heterocycles. The molecule has 142 valence electrons. The summed E-state index contributed by atoms with van der Waals surface area (Å²) in [6.45, 7) is 2.21. The second-order valence-electron chi connectivity index (χ2n) is 7.18. The number of aromatic nitrogens is 2. The maximum atomic E-state index is 12.7. The zero-order valence-electron chi connectivity index (χ0n) is 15.1. The zero-order valence-corrected chi connectivity index (χ0v) is 15.1. The zero-order chi connectivity index (χ0) is 18.5. The standard InChI is InChI=1S/C18H27N5O3/c19-15(24)12-23-10-7-20-18(23)14-5-4-9-21(11-14)17(26)13-22-8-3-1-2-6-16(22)25/h7,10,14H,1-6,8-9,11-13H2,(H2,19,24)/t14-/m0/s1. The molecule has 3 rings (SSSR count). The lowest BCUT2D eigenvalue weighted by atomic mass is 9.97. The highest BCUT2D eigenvalue weighted by Crippen LogP contribution is 2.26. The van der Waals surface area contributed by atoms with E-state index in [9.17, 15) is 14.4 Å². The molecule has 0 aliphatic carbocycles. The van der Waals surface area contributed by atoms with Gasteiger partial charge in [-0.15, -0.1) is 0 Å². The molecule has 26 heavy (non-hydrogen) atoms. The number of nitrogens with zero attached hydrogens (tertiary/aromatic N) is 4. The van der Waals surface area contributed by atoms with Crippen molar-refractivity contribution in [1.29, 1.82) is 0 Å². The van der Waals surface area contributed by atoms with Gasteiger partial charge in [-0.2, -0.15) is 0 Å². The van der Waals surface area contributed by atoms with Crippen molar-refractivity contribution in [3.63, 3.8) is 0 Å². The lowest BCUT2D eigenvalue weighted by Crippen LogP contribution is -2.46. The fourth-order valence-electron chi connectivity index (χ4n) is 3.87. The van der Waals surface area contributed by atoms with Gasteiger partial charge < -0.3 is 20.1 Å². The summed E-state index contributed by atoms with van der Waals surface area (Å²) in [5.41, 5.74) is 5.30. The summed E-state index contributed by atoms with van der Waals surface area (Å²) in [5, 5.41) is 0. The molecule has 0 bridgehead atoms. The Labute approximate surface area is 153 Å². The fraction of sp³-hybridized carbons (Fsp3) is 0.667. The minimum absolute atomic E-state index is 0.00189. The predicted octanol–water partition coefficient (Wildman–Crippen LogP) is 0.477. The lowest BCUT2D eigenvalue weighted by molar-refractivity contribution is -0.140. The Morgan fingerprint density at radius 2 is 2.00 bits per heavy atom. The molecule has 1 aromatic rings. The number of rotatable bonds is 5. The first-order chi connectivity index (χ1) is 12.5. The van der Waals surface area contributed by atoms with Crippen LogP contribution in [0.3, 0.4) is 0 Å². The molecule has 2 aliphatic rings. The quantitative estimate of drug-likeness (QED) is 0.824. The van der Waals surface area contributed by atoms with E-state index in [2.05, 4.69) is 4.98 Å². The summed E-state index contributed by atoms with van der Waals surface area (Å²) in [6, 6.07) is 0. The molecule has 0 spiro atoms. The highest BCUT2D eigenvalue weighted by Gasteiger charge is 2.29. The molecule has 0 saturated carbocycles. The van der Waals surface area contributed by atoms with Crippen molar-refractivity contribution in [1.82, 2.24) is 19.4 Å². The monoisotopic (exact) mass is 361 g/mol. The van der Waals surface area contributed by atoms with Crippen LogP contribution in [0.15, 0.2) is 12.4 Å². The van der Waals surface area contributed by atoms with Gasteiger partial charge in [-0.3, -0.25) is 14.4 Å². The number of hydrogen-bond acceptors (Lipinski definition) is 4. The number of primary amides is 1. The van der Waals surface area contributed by atoms with E-state index >= 15 is 0 Å². The van der Waals surface area contributed by atoms with Crippen LogP contribution in [-0.2, 0) is 20.9 Å². The minimum Gasteiger partial charge on any atom is -0.368 e. The Bertz CT molecular complexity index is 672. The number of piperidine rings is 1. The second-order valence-corrected chi connectivity index (χ2v) is 7.18. The van der Waals surface area contributed by atoms with Gasteiger partial charge in [0.05, 0.1) is 6.54 Å². The van der Waals surface area contributed by atoms with Crippen LogP contribution >= 0.6 is 0 Å². The number of likely N-dealkylation sites (tertiary alicyclic amines) is 2. The van der Waals surface area contributed by atoms with Crippen molar-refractivity contribution in [2.45, 2.75) is 51.0 Å². The van der Waals surface area contributed by atoms with Gasteiger partial charge in [0.1, 0.15) is 12.4 Å². The number of carbonyl (C=O) groups is 3. The van der Waals surface area contributed by atoms with Gasteiger partial charge in [0.25, 0.3) is 0 Å². The number of amides is 3. The normalized spacial score (nSPS) is 21.5. The van der Waals surface area contributed by atoms with Crippen LogP contribution in [0.25, 0.3) is 0 Å². The third-order valence-electron chi connectivity index (χ3n) is 5.21. The van der Waals surface area contributed by atoms with Gasteiger partial charge in [0, 0.05) is 44.4 Å². The highest BCUT2D eigenvalue weighted by molar-refractivity contribution is 5.85. The summed E-state index contributed by atoms with van der Waals surface area (Å²) < 4.78 is 1.76. The summed E-state index contributed by atoms with van der Waals surface area (Å²) in [5.74, 6) is 0.557. The van der Waals surface area contributed by atoms with Crippen LogP contribution in [0.5, 0.6) is 0 Å². The Morgan fingerprint density at radius 3 is 2.81 bits per heavy atom. The smallest absolute Gasteiger partial charge is 0.242 e. The van der Waals surface area contributed by atoms with E-state index in [1.165, 1.54) is 0 Å². The van der Waals surface area contributed by atoms with Crippen LogP contribution in [0, 0.1) is 0 Å². The molecular formula is C18H27N5O3. The number of nitrogens with two attached hydrogens (primary N) is 1. The molecule has 1 aromatic heterocycles. The summed E-state index contributed by atoms with van der Waals surface area (Å²) >= 11 is 0. The fourth-order valence-corrected chi connectivity index (χ4v) is 3.87. The largest absolute Gasteiger partial charge is 0.368 e. The molecule has 1 atom stereocenters. The SMILES string of the molecule is NC(=O)Cn1ccnc1[C@H]1CCCN(C(=O)CN2CCCCCC2=O)C1. The number of carbonyl (C=O) groups excluding carboxylic acids is 3. The van der Waals surface area contributed by atoms with E-state index in [0.717, 1.165) is 37.9 Å². The van der Waals surface area contributed by atoms with E-state index < -0.39 is 5.91 Å². The van der Waals surface area contributed by atoms with Crippen LogP contribution in [0.2, 0.25) is 0 Å². The maximum absolute atomic E-state index is 12.7. The average Bonchev–Trinajstić information content (AvgIpc) is 2.98. The van der Waals surface area contributed by atoms with Crippen molar-refractivity contribution in [2.24, 2.45) is 5.73 Å². The molecule has 0 aromatic carbocycles. The maximum Gasteiger partial charge on any atom is 0.242 e. The van der Waals surface area contributed by atoms with Crippen molar-refractivity contribution < 1.29 is 14.4 Å². The Kier molecular flexibility index (Phi) is 5.90. The summed E-state index contributed by atoms with van der Waals surface area (Å²) in [6.07, 6.45) is 8.68. The van der Waals surface area contributed by atoms with Crippen LogP contribution in [0.1, 0.15) is 50.3 Å². The molecule has 2 saturated heterocycles. The molecule has 2 fully saturated rings. The summed E-state index contributed by atoms with van der Waals surface area (Å²) in [7, 11) is 0. The first kappa shape index (κ1) is 18.4. The highest BCUT2D eigenvalue weighted by atomic mass is 16.2. The van der Waals surface area contributed by atoms with Crippen molar-refractivity contribution in [3.05, 3.63) is 18.2 Å². The Morgan fingerprint density at radius 1 is 1.15 bits per heavy atom. The predicted molar refractivity (Wildman–Crippen MR) is 95.0 cm³/mol. The van der Waals surface area contributed by atoms with Gasteiger partial charge in [0.2, 0.25) is 17.7 Å². The van der Waals surface area contributed by atoms with E-state index in [0.29, 0.717) is 26.1 Å². The first-order valence-corrected chi connectivity index (χ1v) is 9.39. The van der Waals surface area contributed by atoms with Gasteiger partial charge in [0.15, 0.2) is 0 Å². The van der Waals surface area contributed by atoms with Crippen LogP contribution in [-0.4, -0.2) is 63.3 Å². The molecule has 2 N–H and O–H groups in total. The van der Waals surface area contributed by atoms with Gasteiger partial charge in [-0.1, -0.05) is 6.42 Å². The Hall–Kier alpha value is -2.38. The van der Waals surface area contributed by atoms with E-state index in [-0.39, 0.29) is 30.8 Å². The topological polar surface area (TPSA) is 102 Å². The van der Waals surface area contributed by atoms with Crippen molar-refractivity contribution in [3.8, 4) is 0 Å². The van der Waals surface area contributed by atoms with E-state index in [1.54, 1.807) is 21.9 Å². The third-order valence-corrected chi connectivity index (χ3v) is 5.21. The molecule has 0 unspecified atom stereocenters. The molecule has 3 amide bonds. The number of imidazole rings is 1. The average molecular weight is 361 g/mol. The first-order valence-electron chi connectivity index (χ1n) is 9.39. The van der Waals surface area contributed by atoms with Crippen molar-refractivity contribution in [2.75, 3.05) is 26.2 Å². The van der Waals surface area contributed by atoms with Crippen molar-refractivity contribution >= 4 is 17.7 Å². The molecule has 8 nitrogen and oxygen atoms in total. The van der Waals surface area contributed by atoms with Gasteiger partial charge >= 0.3 is 0 Å². The second kappa shape index (κ2) is 8.33. The minimum atomic E-state index is -0.410. The van der Waals surface area contributed by atoms with Gasteiger partial charge in [-0.25, -0.2) is 4.98 Å². The Balaban J connectivity index is 1.62. The van der Waals surface area contributed by atoms with E-state index in [1.807, 2.05) is 4.90 Å². The number of hydrogen-bond donors (Lipinski definition) is 1. The molecular weight excluding hydrogens is 334 g/mol. The third kappa shape index (κ3) is 4.42. The molecule has 8 heteroatoms. The van der Waals surface area contributed by atoms with Gasteiger partial charge in [-0.05, 0) is 25.7 Å².